The molecule has 0 heterocycles. The van der Waals surface area contributed by atoms with E-state index >= 15 is 0 Å². The minimum atomic E-state index is -4.47. The van der Waals surface area contributed by atoms with E-state index in [-0.39, 0.29) is 12.5 Å². The number of hydrogen-bond donors (Lipinski definition) is 0. The highest BCUT2D eigenvalue weighted by Crippen LogP contribution is 2.17. The van der Waals surface area contributed by atoms with Crippen molar-refractivity contribution in [3.63, 3.8) is 0 Å². The normalized spacial score (nSPS) is 15.3. The Morgan fingerprint density at radius 1 is 1.40 bits per heavy atom. The lowest BCUT2D eigenvalue weighted by Crippen LogP contribution is -2.17. The number of hydrogen-bond acceptors (Lipinski definition) is 1. The Morgan fingerprint density at radius 3 is 2.20 bits per heavy atom. The molecule has 1 atom stereocenters. The molecule has 0 aromatic heterocycles. The first-order chi connectivity index (χ1) is 4.45. The van der Waals surface area contributed by atoms with E-state index in [9.17, 15) is 13.2 Å². The molecule has 0 aliphatic carbocycles. The van der Waals surface area contributed by atoms with Gasteiger partial charge in [0.25, 0.3) is 0 Å². The van der Waals surface area contributed by atoms with Crippen LogP contribution in [0.1, 0.15) is 20.3 Å². The monoisotopic (exact) mass is 156 g/mol. The fourth-order valence-electron chi connectivity index (χ4n) is 0.355. The van der Waals surface area contributed by atoms with Gasteiger partial charge in [-0.2, -0.15) is 0 Å². The predicted octanol–water partition coefficient (Wildman–Crippen LogP) is 2.57. The molecule has 0 fully saturated rings. The van der Waals surface area contributed by atoms with Gasteiger partial charge in [-0.05, 0) is 5.92 Å². The van der Waals surface area contributed by atoms with Crippen molar-refractivity contribution >= 4 is 0 Å². The average molecular weight is 156 g/mol. The van der Waals surface area contributed by atoms with Crippen LogP contribution in [-0.2, 0) is 4.74 Å². The summed E-state index contributed by atoms with van der Waals surface area (Å²) >= 11 is 0. The van der Waals surface area contributed by atoms with E-state index in [1.165, 1.54) is 0 Å². The van der Waals surface area contributed by atoms with Crippen LogP contribution in [0.5, 0.6) is 0 Å². The Labute approximate surface area is 58.2 Å². The molecular formula is C6H11F3O. The summed E-state index contributed by atoms with van der Waals surface area (Å²) in [6.07, 6.45) is -3.76. The van der Waals surface area contributed by atoms with Crippen LogP contribution in [0.4, 0.5) is 13.2 Å². The van der Waals surface area contributed by atoms with Crippen molar-refractivity contribution in [2.75, 3.05) is 6.61 Å². The van der Waals surface area contributed by atoms with Crippen LogP contribution in [-0.4, -0.2) is 13.0 Å². The average Bonchev–Trinajstić information content (AvgIpc) is 1.81. The lowest BCUT2D eigenvalue weighted by Gasteiger charge is -2.10. The zero-order valence-corrected chi connectivity index (χ0v) is 6.03. The molecule has 0 spiro atoms. The van der Waals surface area contributed by atoms with E-state index in [0.29, 0.717) is 6.42 Å². The van der Waals surface area contributed by atoms with Crippen molar-refractivity contribution < 1.29 is 17.9 Å². The zero-order chi connectivity index (χ0) is 8.20. The van der Waals surface area contributed by atoms with Gasteiger partial charge in [-0.15, -0.1) is 13.2 Å². The quantitative estimate of drug-likeness (QED) is 0.610. The molecule has 0 amide bonds. The fraction of sp³-hybridized carbons (Fsp3) is 1.00. The molecule has 0 rings (SSSR count). The van der Waals surface area contributed by atoms with Crippen molar-refractivity contribution in [2.45, 2.75) is 26.6 Å². The van der Waals surface area contributed by atoms with Crippen LogP contribution in [0.3, 0.4) is 0 Å². The first-order valence-corrected chi connectivity index (χ1v) is 3.16. The topological polar surface area (TPSA) is 9.23 Å². The maximum absolute atomic E-state index is 11.3. The van der Waals surface area contributed by atoms with Gasteiger partial charge in [0.1, 0.15) is 0 Å². The summed E-state index contributed by atoms with van der Waals surface area (Å²) < 4.78 is 37.6. The highest BCUT2D eigenvalue weighted by atomic mass is 19.4. The molecule has 10 heavy (non-hydrogen) atoms. The summed E-state index contributed by atoms with van der Waals surface area (Å²) in [6.45, 7) is 3.30. The minimum absolute atomic E-state index is 0.0263. The van der Waals surface area contributed by atoms with Gasteiger partial charge in [0, 0.05) is 0 Å². The standard InChI is InChI=1S/C6H11F3O/c1-3-5(2)4-10-6(7,8)9/h5H,3-4H2,1-2H3/t5-/m0/s1. The van der Waals surface area contributed by atoms with Crippen LogP contribution in [0.15, 0.2) is 0 Å². The Bertz CT molecular complexity index is 89.5. The number of ether oxygens (including phenoxy) is 1. The van der Waals surface area contributed by atoms with Crippen molar-refractivity contribution in [3.8, 4) is 0 Å². The maximum atomic E-state index is 11.3. The van der Waals surface area contributed by atoms with Crippen LogP contribution in [0.2, 0.25) is 0 Å². The van der Waals surface area contributed by atoms with Crippen LogP contribution >= 0.6 is 0 Å². The first kappa shape index (κ1) is 9.75. The van der Waals surface area contributed by atoms with Crippen LogP contribution in [0, 0.1) is 5.92 Å². The number of rotatable bonds is 3. The molecule has 0 saturated carbocycles. The summed E-state index contributed by atoms with van der Waals surface area (Å²) in [6, 6.07) is 0. The molecule has 0 aromatic rings. The van der Waals surface area contributed by atoms with E-state index in [1.807, 2.05) is 6.92 Å². The Kier molecular flexibility index (Phi) is 3.71. The lowest BCUT2D eigenvalue weighted by atomic mass is 10.1. The summed E-state index contributed by atoms with van der Waals surface area (Å²) in [4.78, 5) is 0. The molecule has 0 N–H and O–H groups in total. The van der Waals surface area contributed by atoms with Crippen molar-refractivity contribution in [2.24, 2.45) is 5.92 Å². The SMILES string of the molecule is CC[C@H](C)COC(F)(F)F. The summed E-state index contributed by atoms with van der Waals surface area (Å²) in [5.74, 6) is -0.0263. The molecule has 0 bridgehead atoms. The van der Waals surface area contributed by atoms with Crippen molar-refractivity contribution in [1.82, 2.24) is 0 Å². The Morgan fingerprint density at radius 2 is 1.90 bits per heavy atom. The third kappa shape index (κ3) is 5.88. The smallest absolute Gasteiger partial charge is 0.292 e. The summed E-state index contributed by atoms with van der Waals surface area (Å²) in [5.41, 5.74) is 0. The van der Waals surface area contributed by atoms with Gasteiger partial charge < -0.3 is 0 Å². The van der Waals surface area contributed by atoms with Crippen molar-refractivity contribution in [3.05, 3.63) is 0 Å². The second-order valence-corrected chi connectivity index (χ2v) is 2.27. The third-order valence-electron chi connectivity index (χ3n) is 1.23. The van der Waals surface area contributed by atoms with E-state index in [0.717, 1.165) is 0 Å². The lowest BCUT2D eigenvalue weighted by molar-refractivity contribution is -0.328. The number of alkyl halides is 3. The Hall–Kier alpha value is -0.250. The number of halogens is 3. The van der Waals surface area contributed by atoms with E-state index in [1.54, 1.807) is 6.92 Å². The molecule has 0 aliphatic heterocycles. The fourth-order valence-corrected chi connectivity index (χ4v) is 0.355. The van der Waals surface area contributed by atoms with Crippen molar-refractivity contribution in [1.29, 1.82) is 0 Å². The second kappa shape index (κ2) is 3.81. The van der Waals surface area contributed by atoms with E-state index < -0.39 is 6.36 Å². The minimum Gasteiger partial charge on any atom is -0.292 e. The molecule has 0 aromatic carbocycles. The summed E-state index contributed by atoms with van der Waals surface area (Å²) in [5, 5.41) is 0. The van der Waals surface area contributed by atoms with Gasteiger partial charge >= 0.3 is 6.36 Å². The predicted molar refractivity (Wildman–Crippen MR) is 31.5 cm³/mol. The molecule has 0 unspecified atom stereocenters. The third-order valence-corrected chi connectivity index (χ3v) is 1.23. The van der Waals surface area contributed by atoms with Gasteiger partial charge in [-0.25, -0.2) is 0 Å². The second-order valence-electron chi connectivity index (χ2n) is 2.27. The largest absolute Gasteiger partial charge is 0.522 e. The van der Waals surface area contributed by atoms with Gasteiger partial charge in [-0.3, -0.25) is 4.74 Å². The first-order valence-electron chi connectivity index (χ1n) is 3.16. The summed E-state index contributed by atoms with van der Waals surface area (Å²) in [7, 11) is 0. The van der Waals surface area contributed by atoms with Gasteiger partial charge in [0.05, 0.1) is 6.61 Å². The molecule has 4 heteroatoms. The van der Waals surface area contributed by atoms with Gasteiger partial charge in [-0.1, -0.05) is 20.3 Å². The molecule has 62 valence electrons. The molecular weight excluding hydrogens is 145 g/mol. The highest BCUT2D eigenvalue weighted by molar-refractivity contribution is 4.46. The van der Waals surface area contributed by atoms with Gasteiger partial charge in [0.15, 0.2) is 0 Å². The molecule has 1 nitrogen and oxygen atoms in total. The highest BCUT2D eigenvalue weighted by Gasteiger charge is 2.29. The van der Waals surface area contributed by atoms with Gasteiger partial charge in [0.2, 0.25) is 0 Å². The van der Waals surface area contributed by atoms with Crippen LogP contribution in [0.25, 0.3) is 0 Å². The van der Waals surface area contributed by atoms with E-state index in [2.05, 4.69) is 4.74 Å². The zero-order valence-electron chi connectivity index (χ0n) is 6.03. The maximum Gasteiger partial charge on any atom is 0.522 e. The molecule has 0 aliphatic rings. The molecule has 0 saturated heterocycles. The van der Waals surface area contributed by atoms with Crippen LogP contribution < -0.4 is 0 Å². The van der Waals surface area contributed by atoms with E-state index in [4.69, 9.17) is 0 Å². The molecule has 0 radical (unpaired) electrons. The Balaban J connectivity index is 3.36.